The first kappa shape index (κ1) is 17.2. The van der Waals surface area contributed by atoms with Gasteiger partial charge >= 0.3 is 0 Å². The first-order valence-corrected chi connectivity index (χ1v) is 9.89. The second kappa shape index (κ2) is 9.00. The molecule has 1 atom stereocenters. The molecule has 24 heavy (non-hydrogen) atoms. The third kappa shape index (κ3) is 4.92. The van der Waals surface area contributed by atoms with Crippen LogP contribution < -0.4 is 10.6 Å². The molecule has 0 unspecified atom stereocenters. The number of nitrogens with two attached hydrogens (primary N) is 1. The number of hydrogen-bond donors (Lipinski definition) is 2. The van der Waals surface area contributed by atoms with Crippen LogP contribution in [-0.4, -0.2) is 19.0 Å². The van der Waals surface area contributed by atoms with Gasteiger partial charge in [0.1, 0.15) is 6.04 Å². The molecule has 128 valence electrons. The summed E-state index contributed by atoms with van der Waals surface area (Å²) in [5, 5.41) is 7.39. The quantitative estimate of drug-likeness (QED) is 0.797. The van der Waals surface area contributed by atoms with Gasteiger partial charge in [-0.3, -0.25) is 4.79 Å². The topological polar surface area (TPSA) is 45.7 Å². The molecule has 1 aliphatic rings. The van der Waals surface area contributed by atoms with Crippen LogP contribution in [0.4, 0.5) is 0 Å². The second-order valence-corrected chi connectivity index (χ2v) is 7.63. The summed E-state index contributed by atoms with van der Waals surface area (Å²) in [7, 11) is 0. The average Bonchev–Trinajstić information content (AvgIpc) is 3.16. The van der Waals surface area contributed by atoms with E-state index in [2.05, 4.69) is 52.4 Å². The lowest BCUT2D eigenvalue weighted by Crippen LogP contribution is -2.87. The van der Waals surface area contributed by atoms with Crippen molar-refractivity contribution in [1.29, 1.82) is 0 Å². The highest BCUT2D eigenvalue weighted by Gasteiger charge is 2.20. The standard InChI is InChI=1S/C20H26N2OS/c23-19(21-14-16-8-3-1-4-9-16)15-22-20(18-12-7-13-24-18)17-10-5-2-6-11-17/h2,5-7,10-13,16,20,22H,1,3-4,8-9,14-15H2,(H,21,23)/p+1/t20-/m1/s1. The monoisotopic (exact) mass is 343 g/mol. The fourth-order valence-corrected chi connectivity index (χ4v) is 4.34. The van der Waals surface area contributed by atoms with Gasteiger partial charge in [-0.15, -0.1) is 11.3 Å². The van der Waals surface area contributed by atoms with Gasteiger partial charge in [-0.2, -0.15) is 0 Å². The molecule has 1 aromatic carbocycles. The van der Waals surface area contributed by atoms with E-state index < -0.39 is 0 Å². The molecule has 1 amide bonds. The number of nitrogens with one attached hydrogen (secondary N) is 1. The summed E-state index contributed by atoms with van der Waals surface area (Å²) in [6, 6.07) is 14.9. The molecule has 1 heterocycles. The Labute approximate surface area is 148 Å². The van der Waals surface area contributed by atoms with E-state index in [-0.39, 0.29) is 11.9 Å². The average molecular weight is 344 g/mol. The van der Waals surface area contributed by atoms with Crippen molar-refractivity contribution in [3.05, 3.63) is 58.3 Å². The zero-order chi connectivity index (χ0) is 16.6. The Balaban J connectivity index is 1.52. The van der Waals surface area contributed by atoms with Crippen LogP contribution in [0, 0.1) is 5.92 Å². The molecule has 1 saturated carbocycles. The summed E-state index contributed by atoms with van der Waals surface area (Å²) in [4.78, 5) is 13.5. The molecule has 3 nitrogen and oxygen atoms in total. The molecule has 0 radical (unpaired) electrons. The molecule has 2 aromatic rings. The van der Waals surface area contributed by atoms with Crippen molar-refractivity contribution in [3.63, 3.8) is 0 Å². The van der Waals surface area contributed by atoms with Gasteiger partial charge in [-0.1, -0.05) is 55.7 Å². The number of thiophene rings is 1. The minimum absolute atomic E-state index is 0.151. The summed E-state index contributed by atoms with van der Waals surface area (Å²) in [5.41, 5.74) is 1.25. The molecule has 3 rings (SSSR count). The van der Waals surface area contributed by atoms with Crippen LogP contribution in [0.3, 0.4) is 0 Å². The zero-order valence-corrected chi connectivity index (χ0v) is 14.9. The number of carbonyl (C=O) groups excluding carboxylic acids is 1. The lowest BCUT2D eigenvalue weighted by molar-refractivity contribution is -0.676. The predicted octanol–water partition coefficient (Wildman–Crippen LogP) is 3.10. The number of carbonyl (C=O) groups is 1. The van der Waals surface area contributed by atoms with Gasteiger partial charge < -0.3 is 10.6 Å². The summed E-state index contributed by atoms with van der Waals surface area (Å²) >= 11 is 1.75. The van der Waals surface area contributed by atoms with Crippen LogP contribution >= 0.6 is 11.3 Å². The fraction of sp³-hybridized carbons (Fsp3) is 0.450. The van der Waals surface area contributed by atoms with E-state index in [1.165, 1.54) is 42.5 Å². The Morgan fingerprint density at radius 1 is 1.12 bits per heavy atom. The van der Waals surface area contributed by atoms with Gasteiger partial charge in [-0.25, -0.2) is 0 Å². The molecule has 1 aliphatic carbocycles. The molecule has 1 fully saturated rings. The lowest BCUT2D eigenvalue weighted by Gasteiger charge is -2.21. The number of rotatable bonds is 7. The number of hydrogen-bond acceptors (Lipinski definition) is 2. The van der Waals surface area contributed by atoms with Gasteiger partial charge in [0.15, 0.2) is 6.54 Å². The van der Waals surface area contributed by atoms with Crippen molar-refractivity contribution < 1.29 is 10.1 Å². The van der Waals surface area contributed by atoms with Crippen molar-refractivity contribution in [2.24, 2.45) is 5.92 Å². The van der Waals surface area contributed by atoms with Gasteiger partial charge in [0.2, 0.25) is 0 Å². The van der Waals surface area contributed by atoms with Gasteiger partial charge in [0, 0.05) is 12.1 Å². The molecule has 0 bridgehead atoms. The summed E-state index contributed by atoms with van der Waals surface area (Å²) in [6.07, 6.45) is 6.54. The third-order valence-electron chi connectivity index (χ3n) is 4.86. The Morgan fingerprint density at radius 3 is 2.62 bits per heavy atom. The highest BCUT2D eigenvalue weighted by Crippen LogP contribution is 2.23. The Bertz CT molecular complexity index is 606. The minimum atomic E-state index is 0.151. The van der Waals surface area contributed by atoms with E-state index in [9.17, 15) is 4.79 Å². The highest BCUT2D eigenvalue weighted by atomic mass is 32.1. The summed E-state index contributed by atoms with van der Waals surface area (Å²) < 4.78 is 0. The highest BCUT2D eigenvalue weighted by molar-refractivity contribution is 7.10. The number of quaternary nitrogens is 1. The maximum Gasteiger partial charge on any atom is 0.275 e. The van der Waals surface area contributed by atoms with Crippen molar-refractivity contribution >= 4 is 17.2 Å². The minimum Gasteiger partial charge on any atom is -0.351 e. The smallest absolute Gasteiger partial charge is 0.275 e. The molecule has 0 spiro atoms. The van der Waals surface area contributed by atoms with Crippen LogP contribution in [0.25, 0.3) is 0 Å². The van der Waals surface area contributed by atoms with E-state index in [0.29, 0.717) is 12.5 Å². The second-order valence-electron chi connectivity index (χ2n) is 6.65. The third-order valence-corrected chi connectivity index (χ3v) is 5.82. The normalized spacial score (nSPS) is 16.7. The van der Waals surface area contributed by atoms with E-state index in [0.717, 1.165) is 6.54 Å². The lowest BCUT2D eigenvalue weighted by atomic mass is 9.89. The summed E-state index contributed by atoms with van der Waals surface area (Å²) in [6.45, 7) is 1.33. The van der Waals surface area contributed by atoms with Gasteiger partial charge in [0.25, 0.3) is 5.91 Å². The zero-order valence-electron chi connectivity index (χ0n) is 14.1. The Hall–Kier alpha value is -1.65. The fourth-order valence-electron chi connectivity index (χ4n) is 3.49. The Morgan fingerprint density at radius 2 is 1.92 bits per heavy atom. The van der Waals surface area contributed by atoms with Crippen molar-refractivity contribution in [2.45, 2.75) is 38.1 Å². The maximum atomic E-state index is 12.3. The van der Waals surface area contributed by atoms with E-state index in [1.807, 2.05) is 6.07 Å². The van der Waals surface area contributed by atoms with Crippen molar-refractivity contribution in [1.82, 2.24) is 5.32 Å². The van der Waals surface area contributed by atoms with Crippen LogP contribution in [0.2, 0.25) is 0 Å². The molecule has 3 N–H and O–H groups in total. The maximum absolute atomic E-state index is 12.3. The van der Waals surface area contributed by atoms with Crippen LogP contribution in [0.1, 0.15) is 48.6 Å². The molecule has 4 heteroatoms. The Kier molecular flexibility index (Phi) is 6.44. The molecule has 1 aromatic heterocycles. The van der Waals surface area contributed by atoms with Crippen molar-refractivity contribution in [3.8, 4) is 0 Å². The molecular formula is C20H27N2OS+. The summed E-state index contributed by atoms with van der Waals surface area (Å²) in [5.74, 6) is 0.836. The SMILES string of the molecule is O=C(C[NH2+][C@H](c1ccccc1)c1cccs1)NCC1CCCCC1. The van der Waals surface area contributed by atoms with Crippen molar-refractivity contribution in [2.75, 3.05) is 13.1 Å². The molecule has 0 saturated heterocycles. The van der Waals surface area contributed by atoms with E-state index >= 15 is 0 Å². The van der Waals surface area contributed by atoms with E-state index in [1.54, 1.807) is 11.3 Å². The van der Waals surface area contributed by atoms with Crippen LogP contribution in [0.15, 0.2) is 47.8 Å². The van der Waals surface area contributed by atoms with Crippen LogP contribution in [0.5, 0.6) is 0 Å². The predicted molar refractivity (Wildman–Crippen MR) is 99.0 cm³/mol. The first-order chi connectivity index (χ1) is 11.8. The van der Waals surface area contributed by atoms with Gasteiger partial charge in [0.05, 0.1) is 4.88 Å². The largest absolute Gasteiger partial charge is 0.351 e. The van der Waals surface area contributed by atoms with Crippen LogP contribution in [-0.2, 0) is 4.79 Å². The number of amides is 1. The number of benzene rings is 1. The molecule has 0 aliphatic heterocycles. The first-order valence-electron chi connectivity index (χ1n) is 9.01. The van der Waals surface area contributed by atoms with Gasteiger partial charge in [-0.05, 0) is 30.2 Å². The van der Waals surface area contributed by atoms with E-state index in [4.69, 9.17) is 0 Å². The molecular weight excluding hydrogens is 316 g/mol.